The summed E-state index contributed by atoms with van der Waals surface area (Å²) in [5, 5.41) is 8.70. The Bertz CT molecular complexity index is 553. The van der Waals surface area contributed by atoms with Crippen LogP contribution < -0.4 is 0 Å². The zero-order chi connectivity index (χ0) is 15.4. The predicted molar refractivity (Wildman–Crippen MR) is 55.6 cm³/mol. The Hall–Kier alpha value is -2.17. The van der Waals surface area contributed by atoms with Gasteiger partial charge in [0.1, 0.15) is 6.07 Å². The van der Waals surface area contributed by atoms with Crippen molar-refractivity contribution < 1.29 is 31.5 Å². The molecule has 0 saturated carbocycles. The maximum Gasteiger partial charge on any atom is 0.307 e. The molecule has 1 rings (SSSR count). The lowest BCUT2D eigenvalue weighted by Gasteiger charge is -2.14. The van der Waals surface area contributed by atoms with Gasteiger partial charge in [0.15, 0.2) is 23.3 Å². The van der Waals surface area contributed by atoms with E-state index in [0.29, 0.717) is 6.42 Å². The van der Waals surface area contributed by atoms with Gasteiger partial charge >= 0.3 is 5.97 Å². The van der Waals surface area contributed by atoms with Gasteiger partial charge in [-0.1, -0.05) is 6.92 Å². The number of ether oxygens (including phenoxy) is 1. The summed E-state index contributed by atoms with van der Waals surface area (Å²) in [5.41, 5.74) is -1.48. The van der Waals surface area contributed by atoms with Crippen molar-refractivity contribution in [3.05, 3.63) is 34.6 Å². The van der Waals surface area contributed by atoms with Crippen molar-refractivity contribution in [2.45, 2.75) is 25.9 Å². The second-order valence-electron chi connectivity index (χ2n) is 3.73. The van der Waals surface area contributed by atoms with Gasteiger partial charge in [-0.2, -0.15) is 5.26 Å². The number of nitrogens with zero attached hydrogens (tertiary/aromatic N) is 1. The average molecular weight is 293 g/mol. The fraction of sp³-hybridized carbons (Fsp3) is 0.333. The van der Waals surface area contributed by atoms with Crippen LogP contribution in [0.3, 0.4) is 0 Å². The first-order valence-electron chi connectivity index (χ1n) is 5.45. The van der Waals surface area contributed by atoms with Gasteiger partial charge in [-0.05, 0) is 6.42 Å². The Morgan fingerprint density at radius 3 is 1.95 bits per heavy atom. The van der Waals surface area contributed by atoms with Crippen LogP contribution in [0.15, 0.2) is 0 Å². The van der Waals surface area contributed by atoms with E-state index in [0.717, 1.165) is 0 Å². The Kier molecular flexibility index (Phi) is 5.02. The van der Waals surface area contributed by atoms with Crippen LogP contribution in [0.2, 0.25) is 0 Å². The minimum atomic E-state index is -2.35. The largest absolute Gasteiger partial charge is 0.442 e. The number of hydrogen-bond donors (Lipinski definition) is 0. The number of carbonyl (C=O) groups is 1. The molecule has 3 nitrogen and oxygen atoms in total. The van der Waals surface area contributed by atoms with Crippen LogP contribution in [0.4, 0.5) is 22.0 Å². The van der Waals surface area contributed by atoms with Crippen molar-refractivity contribution in [3.8, 4) is 6.07 Å². The second-order valence-corrected chi connectivity index (χ2v) is 3.73. The highest BCUT2D eigenvalue weighted by atomic mass is 19.2. The van der Waals surface area contributed by atoms with Crippen molar-refractivity contribution in [1.29, 1.82) is 5.26 Å². The molecule has 0 unspecified atom stereocenters. The average Bonchev–Trinajstić information content (AvgIpc) is 2.42. The number of halogens is 5. The summed E-state index contributed by atoms with van der Waals surface area (Å²) in [4.78, 5) is 11.2. The fourth-order valence-electron chi connectivity index (χ4n) is 1.40. The zero-order valence-corrected chi connectivity index (χ0v) is 10.1. The number of carbonyl (C=O) groups excluding carboxylic acids is 1. The van der Waals surface area contributed by atoms with E-state index in [-0.39, 0.29) is 6.42 Å². The third-order valence-electron chi connectivity index (χ3n) is 2.33. The topological polar surface area (TPSA) is 50.1 Å². The Morgan fingerprint density at radius 2 is 1.55 bits per heavy atom. The molecule has 0 fully saturated rings. The van der Waals surface area contributed by atoms with Crippen molar-refractivity contribution in [2.75, 3.05) is 0 Å². The van der Waals surface area contributed by atoms with E-state index in [1.54, 1.807) is 6.92 Å². The summed E-state index contributed by atoms with van der Waals surface area (Å²) in [7, 11) is 0. The maximum atomic E-state index is 13.4. The molecule has 0 bridgehead atoms. The number of benzene rings is 1. The van der Waals surface area contributed by atoms with Crippen LogP contribution >= 0.6 is 0 Å². The lowest BCUT2D eigenvalue weighted by atomic mass is 10.1. The number of esters is 1. The van der Waals surface area contributed by atoms with Gasteiger partial charge in [0.25, 0.3) is 0 Å². The van der Waals surface area contributed by atoms with Gasteiger partial charge in [-0.3, -0.25) is 4.79 Å². The minimum absolute atomic E-state index is 0.159. The minimum Gasteiger partial charge on any atom is -0.442 e. The van der Waals surface area contributed by atoms with Crippen LogP contribution in [0.1, 0.15) is 31.4 Å². The molecule has 0 N–H and O–H groups in total. The molecular formula is C12H8F5NO2. The van der Waals surface area contributed by atoms with Crippen LogP contribution in [-0.4, -0.2) is 5.97 Å². The SMILES string of the molecule is CCCC(=O)O[C@@H](C#N)c1c(F)c(F)c(F)c(F)c1F. The Labute approximate surface area is 110 Å². The summed E-state index contributed by atoms with van der Waals surface area (Å²) in [6, 6.07) is 1.18. The van der Waals surface area contributed by atoms with E-state index in [1.807, 2.05) is 0 Å². The summed E-state index contributed by atoms with van der Waals surface area (Å²) in [6.45, 7) is 1.60. The van der Waals surface area contributed by atoms with Crippen LogP contribution in [0.25, 0.3) is 0 Å². The highest BCUT2D eigenvalue weighted by Gasteiger charge is 2.32. The molecule has 0 aliphatic carbocycles. The molecule has 0 saturated heterocycles. The van der Waals surface area contributed by atoms with Gasteiger partial charge in [-0.15, -0.1) is 0 Å². The van der Waals surface area contributed by atoms with Gasteiger partial charge < -0.3 is 4.74 Å². The van der Waals surface area contributed by atoms with Crippen LogP contribution in [0, 0.1) is 40.4 Å². The zero-order valence-electron chi connectivity index (χ0n) is 10.1. The number of rotatable bonds is 4. The first kappa shape index (κ1) is 15.9. The highest BCUT2D eigenvalue weighted by molar-refractivity contribution is 5.70. The molecule has 0 aliphatic heterocycles. The molecule has 20 heavy (non-hydrogen) atoms. The first-order valence-corrected chi connectivity index (χ1v) is 5.45. The van der Waals surface area contributed by atoms with E-state index in [4.69, 9.17) is 5.26 Å². The smallest absolute Gasteiger partial charge is 0.307 e. The molecule has 0 heterocycles. The van der Waals surface area contributed by atoms with E-state index in [9.17, 15) is 26.7 Å². The third kappa shape index (κ3) is 2.87. The van der Waals surface area contributed by atoms with E-state index < -0.39 is 46.7 Å². The van der Waals surface area contributed by atoms with Crippen LogP contribution in [0.5, 0.6) is 0 Å². The van der Waals surface area contributed by atoms with Gasteiger partial charge in [0, 0.05) is 6.42 Å². The van der Waals surface area contributed by atoms with Gasteiger partial charge in [0.2, 0.25) is 11.9 Å². The van der Waals surface area contributed by atoms with Gasteiger partial charge in [-0.25, -0.2) is 22.0 Å². The standard InChI is InChI=1S/C12H8F5NO2/c1-2-3-6(19)20-5(4-18)7-8(13)10(15)12(17)11(16)9(7)14/h5H,2-3H2,1H3/t5-/m0/s1. The Morgan fingerprint density at radius 1 is 1.10 bits per heavy atom. The fourth-order valence-corrected chi connectivity index (χ4v) is 1.40. The van der Waals surface area contributed by atoms with Crippen molar-refractivity contribution in [2.24, 2.45) is 0 Å². The summed E-state index contributed by atoms with van der Waals surface area (Å²) in [5.74, 6) is -12.1. The van der Waals surface area contributed by atoms with Crippen molar-refractivity contribution in [3.63, 3.8) is 0 Å². The van der Waals surface area contributed by atoms with Gasteiger partial charge in [0.05, 0.1) is 5.56 Å². The summed E-state index contributed by atoms with van der Waals surface area (Å²) < 4.78 is 70.0. The summed E-state index contributed by atoms with van der Waals surface area (Å²) in [6.07, 6.45) is -2.04. The number of nitriles is 1. The molecule has 1 atom stereocenters. The van der Waals surface area contributed by atoms with E-state index >= 15 is 0 Å². The number of hydrogen-bond acceptors (Lipinski definition) is 3. The molecule has 0 amide bonds. The second kappa shape index (κ2) is 6.32. The molecule has 0 aliphatic rings. The molecule has 8 heteroatoms. The first-order chi connectivity index (χ1) is 9.34. The summed E-state index contributed by atoms with van der Waals surface area (Å²) >= 11 is 0. The lowest BCUT2D eigenvalue weighted by molar-refractivity contribution is -0.147. The third-order valence-corrected chi connectivity index (χ3v) is 2.33. The quantitative estimate of drug-likeness (QED) is 0.370. The van der Waals surface area contributed by atoms with E-state index in [2.05, 4.69) is 4.74 Å². The predicted octanol–water partition coefficient (Wildman–Crippen LogP) is 3.29. The molecule has 0 radical (unpaired) electrons. The van der Waals surface area contributed by atoms with Crippen molar-refractivity contribution >= 4 is 5.97 Å². The molecule has 0 aromatic heterocycles. The van der Waals surface area contributed by atoms with E-state index in [1.165, 1.54) is 6.07 Å². The molecule has 0 spiro atoms. The highest BCUT2D eigenvalue weighted by Crippen LogP contribution is 2.29. The molecule has 1 aromatic rings. The Balaban J connectivity index is 3.30. The molecule has 108 valence electrons. The molecular weight excluding hydrogens is 285 g/mol. The normalized spacial score (nSPS) is 11.8. The van der Waals surface area contributed by atoms with Crippen LogP contribution in [-0.2, 0) is 9.53 Å². The maximum absolute atomic E-state index is 13.4. The monoisotopic (exact) mass is 293 g/mol. The van der Waals surface area contributed by atoms with Crippen molar-refractivity contribution in [1.82, 2.24) is 0 Å². The lowest BCUT2D eigenvalue weighted by Crippen LogP contribution is -2.16. The molecule has 1 aromatic carbocycles.